The largest absolute Gasteiger partial charge is 0.495 e. The number of hydrogen-bond acceptors (Lipinski definition) is 2. The number of rotatable bonds is 2. The number of ether oxygens (including phenoxy) is 1. The second-order valence-electron chi connectivity index (χ2n) is 2.57. The van der Waals surface area contributed by atoms with E-state index in [9.17, 15) is 0 Å². The number of benzene rings is 1. The summed E-state index contributed by atoms with van der Waals surface area (Å²) in [5.41, 5.74) is 1.93. The monoisotopic (exact) mass is 185 g/mol. The first-order valence-electron chi connectivity index (χ1n) is 3.71. The molecule has 0 bridgehead atoms. The summed E-state index contributed by atoms with van der Waals surface area (Å²) in [6.45, 7) is 1.98. The van der Waals surface area contributed by atoms with Gasteiger partial charge < -0.3 is 10.1 Å². The Morgan fingerprint density at radius 3 is 2.58 bits per heavy atom. The third kappa shape index (κ3) is 1.64. The van der Waals surface area contributed by atoms with Crippen LogP contribution in [0.5, 0.6) is 5.75 Å². The summed E-state index contributed by atoms with van der Waals surface area (Å²) >= 11 is 5.97. The average molecular weight is 186 g/mol. The summed E-state index contributed by atoms with van der Waals surface area (Å²) in [7, 11) is 3.45. The van der Waals surface area contributed by atoms with Crippen LogP contribution in [0.2, 0.25) is 5.02 Å². The van der Waals surface area contributed by atoms with Crippen molar-refractivity contribution in [3.63, 3.8) is 0 Å². The van der Waals surface area contributed by atoms with Crippen molar-refractivity contribution in [1.29, 1.82) is 0 Å². The summed E-state index contributed by atoms with van der Waals surface area (Å²) in [6, 6.07) is 3.84. The van der Waals surface area contributed by atoms with Gasteiger partial charge in [-0.05, 0) is 24.6 Å². The molecule has 0 aliphatic heterocycles. The van der Waals surface area contributed by atoms with E-state index in [-0.39, 0.29) is 0 Å². The highest BCUT2D eigenvalue weighted by molar-refractivity contribution is 6.33. The zero-order valence-corrected chi connectivity index (χ0v) is 8.20. The van der Waals surface area contributed by atoms with E-state index in [1.807, 2.05) is 26.1 Å². The van der Waals surface area contributed by atoms with Crippen LogP contribution in [0.15, 0.2) is 12.1 Å². The first-order valence-corrected chi connectivity index (χ1v) is 4.08. The number of anilines is 1. The molecule has 1 N–H and O–H groups in total. The Hall–Kier alpha value is -0.890. The molecule has 1 rings (SSSR count). The lowest BCUT2D eigenvalue weighted by Gasteiger charge is -2.10. The molecule has 0 amide bonds. The standard InChI is InChI=1S/C9H12ClNO/c1-6-4-7(10)9(11-2)8(5-6)12-3/h4-5,11H,1-3H3. The summed E-state index contributed by atoms with van der Waals surface area (Å²) < 4.78 is 5.15. The zero-order valence-electron chi connectivity index (χ0n) is 7.44. The minimum atomic E-state index is 0.689. The van der Waals surface area contributed by atoms with Crippen molar-refractivity contribution in [2.24, 2.45) is 0 Å². The molecule has 3 heteroatoms. The number of hydrogen-bond donors (Lipinski definition) is 1. The predicted molar refractivity (Wildman–Crippen MR) is 52.3 cm³/mol. The van der Waals surface area contributed by atoms with Crippen LogP contribution in [0.3, 0.4) is 0 Å². The van der Waals surface area contributed by atoms with Crippen LogP contribution in [-0.2, 0) is 0 Å². The van der Waals surface area contributed by atoms with Gasteiger partial charge in [0.05, 0.1) is 17.8 Å². The lowest BCUT2D eigenvalue weighted by atomic mass is 10.2. The molecule has 0 saturated carbocycles. The molecule has 66 valence electrons. The van der Waals surface area contributed by atoms with Gasteiger partial charge in [-0.3, -0.25) is 0 Å². The van der Waals surface area contributed by atoms with Crippen LogP contribution in [0.1, 0.15) is 5.56 Å². The number of methoxy groups -OCH3 is 1. The van der Waals surface area contributed by atoms with Crippen molar-refractivity contribution in [2.45, 2.75) is 6.92 Å². The highest BCUT2D eigenvalue weighted by Crippen LogP contribution is 2.32. The smallest absolute Gasteiger partial charge is 0.143 e. The van der Waals surface area contributed by atoms with Gasteiger partial charge in [-0.2, -0.15) is 0 Å². The van der Waals surface area contributed by atoms with Crippen LogP contribution in [0.4, 0.5) is 5.69 Å². The van der Waals surface area contributed by atoms with E-state index in [2.05, 4.69) is 5.32 Å². The van der Waals surface area contributed by atoms with E-state index in [0.29, 0.717) is 5.02 Å². The highest BCUT2D eigenvalue weighted by Gasteiger charge is 2.06. The number of halogens is 1. The van der Waals surface area contributed by atoms with E-state index < -0.39 is 0 Å². The zero-order chi connectivity index (χ0) is 9.14. The summed E-state index contributed by atoms with van der Waals surface area (Å²) in [4.78, 5) is 0. The summed E-state index contributed by atoms with van der Waals surface area (Å²) in [6.07, 6.45) is 0. The molecular weight excluding hydrogens is 174 g/mol. The maximum Gasteiger partial charge on any atom is 0.143 e. The molecule has 0 spiro atoms. The van der Waals surface area contributed by atoms with Gasteiger partial charge in [0.1, 0.15) is 5.75 Å². The van der Waals surface area contributed by atoms with Crippen molar-refractivity contribution in [3.05, 3.63) is 22.7 Å². The second kappa shape index (κ2) is 3.68. The highest BCUT2D eigenvalue weighted by atomic mass is 35.5. The Morgan fingerprint density at radius 1 is 1.42 bits per heavy atom. The molecule has 1 aromatic carbocycles. The van der Waals surface area contributed by atoms with Crippen LogP contribution >= 0.6 is 11.6 Å². The first-order chi connectivity index (χ1) is 5.69. The van der Waals surface area contributed by atoms with Gasteiger partial charge in [0.25, 0.3) is 0 Å². The van der Waals surface area contributed by atoms with Crippen LogP contribution < -0.4 is 10.1 Å². The minimum absolute atomic E-state index is 0.689. The SMILES string of the molecule is CNc1c(Cl)cc(C)cc1OC. The molecule has 0 atom stereocenters. The van der Waals surface area contributed by atoms with Crippen LogP contribution in [0, 0.1) is 6.92 Å². The molecule has 0 saturated heterocycles. The van der Waals surface area contributed by atoms with E-state index in [4.69, 9.17) is 16.3 Å². The van der Waals surface area contributed by atoms with Gasteiger partial charge in [-0.25, -0.2) is 0 Å². The third-order valence-corrected chi connectivity index (χ3v) is 1.97. The Labute approximate surface area is 77.5 Å². The Morgan fingerprint density at radius 2 is 2.08 bits per heavy atom. The molecule has 12 heavy (non-hydrogen) atoms. The second-order valence-corrected chi connectivity index (χ2v) is 2.98. The lowest BCUT2D eigenvalue weighted by molar-refractivity contribution is 0.416. The fraction of sp³-hybridized carbons (Fsp3) is 0.333. The normalized spacial score (nSPS) is 9.67. The van der Waals surface area contributed by atoms with Crippen molar-refractivity contribution < 1.29 is 4.74 Å². The van der Waals surface area contributed by atoms with Crippen molar-refractivity contribution in [3.8, 4) is 5.75 Å². The predicted octanol–water partition coefficient (Wildman–Crippen LogP) is 2.70. The van der Waals surface area contributed by atoms with Crippen molar-refractivity contribution >= 4 is 17.3 Å². The number of nitrogens with one attached hydrogen (secondary N) is 1. The first kappa shape index (κ1) is 9.20. The molecule has 2 nitrogen and oxygen atoms in total. The van der Waals surface area contributed by atoms with E-state index >= 15 is 0 Å². The minimum Gasteiger partial charge on any atom is -0.495 e. The third-order valence-electron chi connectivity index (χ3n) is 1.67. The average Bonchev–Trinajstić information content (AvgIpc) is 2.03. The molecule has 0 fully saturated rings. The number of aryl methyl sites for hydroxylation is 1. The van der Waals surface area contributed by atoms with Gasteiger partial charge in [0, 0.05) is 7.05 Å². The molecule has 0 unspecified atom stereocenters. The molecule has 0 aliphatic carbocycles. The quantitative estimate of drug-likeness (QED) is 0.765. The fourth-order valence-electron chi connectivity index (χ4n) is 1.11. The van der Waals surface area contributed by atoms with E-state index in [0.717, 1.165) is 17.0 Å². The molecule has 0 radical (unpaired) electrons. The van der Waals surface area contributed by atoms with Gasteiger partial charge >= 0.3 is 0 Å². The van der Waals surface area contributed by atoms with Gasteiger partial charge in [0.2, 0.25) is 0 Å². The molecule has 0 aliphatic rings. The Balaban J connectivity index is 3.24. The topological polar surface area (TPSA) is 21.3 Å². The molecule has 1 aromatic rings. The van der Waals surface area contributed by atoms with Crippen molar-refractivity contribution in [2.75, 3.05) is 19.5 Å². The van der Waals surface area contributed by atoms with E-state index in [1.165, 1.54) is 0 Å². The Bertz CT molecular complexity index is 286. The lowest BCUT2D eigenvalue weighted by Crippen LogP contribution is -1.95. The van der Waals surface area contributed by atoms with Gasteiger partial charge in [-0.1, -0.05) is 11.6 Å². The van der Waals surface area contributed by atoms with Crippen LogP contribution in [-0.4, -0.2) is 14.2 Å². The van der Waals surface area contributed by atoms with Gasteiger partial charge in [0.15, 0.2) is 0 Å². The molecular formula is C9H12ClNO. The maximum atomic E-state index is 5.97. The fourth-order valence-corrected chi connectivity index (χ4v) is 1.47. The molecule has 0 heterocycles. The van der Waals surface area contributed by atoms with Gasteiger partial charge in [-0.15, -0.1) is 0 Å². The van der Waals surface area contributed by atoms with Crippen molar-refractivity contribution in [1.82, 2.24) is 0 Å². The van der Waals surface area contributed by atoms with E-state index in [1.54, 1.807) is 7.11 Å². The molecule has 0 aromatic heterocycles. The maximum absolute atomic E-state index is 5.97. The summed E-state index contributed by atoms with van der Waals surface area (Å²) in [5, 5.41) is 3.67. The van der Waals surface area contributed by atoms with Crippen LogP contribution in [0.25, 0.3) is 0 Å². The Kier molecular flexibility index (Phi) is 2.82. The summed E-state index contributed by atoms with van der Waals surface area (Å²) in [5.74, 6) is 0.780.